The lowest BCUT2D eigenvalue weighted by Gasteiger charge is -2.44. The minimum atomic E-state index is -0.0653. The molecule has 0 spiro atoms. The Morgan fingerprint density at radius 2 is 1.34 bits per heavy atom. The Labute approximate surface area is 208 Å². The lowest BCUT2D eigenvalue weighted by molar-refractivity contribution is 0.0915. The van der Waals surface area contributed by atoms with E-state index in [9.17, 15) is 19.2 Å². The number of isocyanates is 4. The van der Waals surface area contributed by atoms with E-state index in [2.05, 4.69) is 40.7 Å². The van der Waals surface area contributed by atoms with E-state index in [1.54, 1.807) is 24.3 Å². The first kappa shape index (κ1) is 28.8. The number of rotatable bonds is 7. The molecule has 0 aliphatic heterocycles. The Morgan fingerprint density at radius 3 is 1.97 bits per heavy atom. The van der Waals surface area contributed by atoms with Crippen LogP contribution in [-0.2, 0) is 19.2 Å². The van der Waals surface area contributed by atoms with Crippen molar-refractivity contribution < 1.29 is 19.2 Å². The number of aliphatic imine (C=N–C) groups is 4. The van der Waals surface area contributed by atoms with Crippen LogP contribution in [0.3, 0.4) is 0 Å². The second-order valence-corrected chi connectivity index (χ2v) is 11.8. The smallest absolute Gasteiger partial charge is 0.211 e. The van der Waals surface area contributed by atoms with Gasteiger partial charge < -0.3 is 0 Å². The van der Waals surface area contributed by atoms with Crippen molar-refractivity contribution in [3.8, 4) is 0 Å². The van der Waals surface area contributed by atoms with Gasteiger partial charge in [0.1, 0.15) is 0 Å². The fourth-order valence-electron chi connectivity index (χ4n) is 6.80. The maximum Gasteiger partial charge on any atom is 0.235 e. The summed E-state index contributed by atoms with van der Waals surface area (Å²) in [4.78, 5) is 56.6. The molecule has 0 aromatic carbocycles. The van der Waals surface area contributed by atoms with Crippen molar-refractivity contribution in [1.82, 2.24) is 0 Å². The number of hydrogen-bond acceptors (Lipinski definition) is 8. The fraction of sp³-hybridized carbons (Fsp3) is 0.852. The van der Waals surface area contributed by atoms with Gasteiger partial charge in [0.25, 0.3) is 0 Å². The largest absolute Gasteiger partial charge is 0.235 e. The summed E-state index contributed by atoms with van der Waals surface area (Å²) in [6.45, 7) is 6.86. The van der Waals surface area contributed by atoms with Gasteiger partial charge in [-0.2, -0.15) is 0 Å². The van der Waals surface area contributed by atoms with Crippen molar-refractivity contribution >= 4 is 24.3 Å². The molecular weight excluding hydrogens is 444 g/mol. The molecule has 3 saturated carbocycles. The molecule has 8 heteroatoms. The van der Waals surface area contributed by atoms with E-state index in [0.29, 0.717) is 18.4 Å². The van der Waals surface area contributed by atoms with E-state index in [0.717, 1.165) is 51.4 Å². The second-order valence-electron chi connectivity index (χ2n) is 11.8. The topological polar surface area (TPSA) is 118 Å². The molecule has 0 heterocycles. The van der Waals surface area contributed by atoms with Gasteiger partial charge in [-0.25, -0.2) is 39.1 Å². The molecule has 4 unspecified atom stereocenters. The molecule has 0 radical (unpaired) electrons. The normalized spacial score (nSPS) is 33.7. The zero-order chi connectivity index (χ0) is 25.7. The van der Waals surface area contributed by atoms with E-state index in [1.165, 1.54) is 25.7 Å². The zero-order valence-electron chi connectivity index (χ0n) is 21.5. The standard InChI is InChI=1S/C15H22N2O2.C12H18N2O2/c18-10-16-14-7-5-12(6-8-14)9-13-3-1-2-4-15(13)17-11-19;1-11(2)4-10(14-9-16)5-12(3,6-11)7-13-8-15/h12-15H,1-9H2;10H,4-7H2,1-3H3. The third kappa shape index (κ3) is 9.96. The molecule has 3 aliphatic carbocycles. The molecule has 35 heavy (non-hydrogen) atoms. The van der Waals surface area contributed by atoms with E-state index in [-0.39, 0.29) is 29.0 Å². The van der Waals surface area contributed by atoms with Gasteiger partial charge in [-0.15, -0.1) is 0 Å². The van der Waals surface area contributed by atoms with E-state index in [4.69, 9.17) is 0 Å². The Balaban J connectivity index is 0.000000251. The Hall–Kier alpha value is -2.48. The molecule has 3 rings (SSSR count). The molecule has 8 nitrogen and oxygen atoms in total. The predicted molar refractivity (Wildman–Crippen MR) is 133 cm³/mol. The number of nitrogens with zero attached hydrogens (tertiary/aromatic N) is 4. The highest BCUT2D eigenvalue weighted by molar-refractivity contribution is 5.34. The maximum atomic E-state index is 10.5. The highest BCUT2D eigenvalue weighted by Crippen LogP contribution is 2.47. The molecule has 3 aliphatic rings. The fourth-order valence-corrected chi connectivity index (χ4v) is 6.80. The van der Waals surface area contributed by atoms with Crippen LogP contribution in [0.4, 0.5) is 0 Å². The van der Waals surface area contributed by atoms with Gasteiger partial charge in [-0.1, -0.05) is 33.6 Å². The minimum absolute atomic E-state index is 0.00750. The minimum Gasteiger partial charge on any atom is -0.211 e. The van der Waals surface area contributed by atoms with Crippen molar-refractivity contribution in [3.63, 3.8) is 0 Å². The second kappa shape index (κ2) is 14.2. The van der Waals surface area contributed by atoms with Crippen molar-refractivity contribution in [3.05, 3.63) is 0 Å². The van der Waals surface area contributed by atoms with E-state index >= 15 is 0 Å². The first-order chi connectivity index (χ1) is 16.7. The third-order valence-electron chi connectivity index (χ3n) is 7.96. The summed E-state index contributed by atoms with van der Waals surface area (Å²) in [6, 6.07) is 0.411. The third-order valence-corrected chi connectivity index (χ3v) is 7.96. The van der Waals surface area contributed by atoms with Crippen LogP contribution in [0.1, 0.15) is 97.8 Å². The maximum absolute atomic E-state index is 10.5. The van der Waals surface area contributed by atoms with Crippen LogP contribution >= 0.6 is 0 Å². The van der Waals surface area contributed by atoms with Crippen LogP contribution in [0.15, 0.2) is 20.0 Å². The highest BCUT2D eigenvalue weighted by atomic mass is 16.1. The van der Waals surface area contributed by atoms with Gasteiger partial charge in [-0.05, 0) is 86.9 Å². The summed E-state index contributed by atoms with van der Waals surface area (Å²) in [6.07, 6.45) is 19.5. The lowest BCUT2D eigenvalue weighted by atomic mass is 9.63. The van der Waals surface area contributed by atoms with E-state index < -0.39 is 0 Å². The van der Waals surface area contributed by atoms with Gasteiger partial charge in [0.05, 0.1) is 24.7 Å². The predicted octanol–water partition coefficient (Wildman–Crippen LogP) is 5.41. The van der Waals surface area contributed by atoms with Crippen LogP contribution in [0.25, 0.3) is 0 Å². The molecule has 0 aromatic heterocycles. The van der Waals surface area contributed by atoms with Crippen LogP contribution < -0.4 is 0 Å². The molecule has 0 saturated heterocycles. The quantitative estimate of drug-likeness (QED) is 0.354. The van der Waals surface area contributed by atoms with Crippen LogP contribution in [0.5, 0.6) is 0 Å². The van der Waals surface area contributed by atoms with Gasteiger partial charge in [-0.3, -0.25) is 0 Å². The van der Waals surface area contributed by atoms with Crippen molar-refractivity contribution in [2.75, 3.05) is 6.54 Å². The Bertz CT molecular complexity index is 872. The van der Waals surface area contributed by atoms with Crippen LogP contribution in [-0.4, -0.2) is 49.0 Å². The average Bonchev–Trinajstić information content (AvgIpc) is 2.80. The van der Waals surface area contributed by atoms with Crippen molar-refractivity contribution in [1.29, 1.82) is 0 Å². The number of carbonyl (C=O) groups excluding carboxylic acids is 4. The molecule has 0 bridgehead atoms. The first-order valence-electron chi connectivity index (χ1n) is 13.0. The monoisotopic (exact) mass is 484 g/mol. The Kier molecular flexibility index (Phi) is 11.6. The number of hydrogen-bond donors (Lipinski definition) is 0. The van der Waals surface area contributed by atoms with Crippen LogP contribution in [0, 0.1) is 22.7 Å². The molecule has 0 amide bonds. The first-order valence-corrected chi connectivity index (χ1v) is 13.0. The summed E-state index contributed by atoms with van der Waals surface area (Å²) >= 11 is 0. The molecule has 4 atom stereocenters. The Morgan fingerprint density at radius 1 is 0.714 bits per heavy atom. The van der Waals surface area contributed by atoms with Gasteiger partial charge in [0.15, 0.2) is 0 Å². The van der Waals surface area contributed by atoms with Gasteiger partial charge in [0, 0.05) is 0 Å². The molecule has 3 fully saturated rings. The lowest BCUT2D eigenvalue weighted by Crippen LogP contribution is -2.39. The summed E-state index contributed by atoms with van der Waals surface area (Å²) < 4.78 is 0. The SMILES string of the molecule is CC1(C)CC(N=C=O)CC(C)(CN=C=O)C1.O=C=NC1CCC(CC2CCCCC2N=C=O)CC1. The zero-order valence-corrected chi connectivity index (χ0v) is 21.5. The average molecular weight is 485 g/mol. The summed E-state index contributed by atoms with van der Waals surface area (Å²) in [5.41, 5.74) is 0.0561. The molecule has 0 aromatic rings. The molecule has 0 N–H and O–H groups in total. The van der Waals surface area contributed by atoms with Gasteiger partial charge in [0.2, 0.25) is 24.3 Å². The summed E-state index contributed by atoms with van der Waals surface area (Å²) in [5.74, 6) is 1.27. The van der Waals surface area contributed by atoms with E-state index in [1.807, 2.05) is 0 Å². The summed E-state index contributed by atoms with van der Waals surface area (Å²) in [7, 11) is 0. The molecule has 192 valence electrons. The van der Waals surface area contributed by atoms with Crippen molar-refractivity contribution in [2.24, 2.45) is 42.6 Å². The summed E-state index contributed by atoms with van der Waals surface area (Å²) in [5, 5.41) is 0. The van der Waals surface area contributed by atoms with Gasteiger partial charge >= 0.3 is 0 Å². The molecular formula is C27H40N4O4. The van der Waals surface area contributed by atoms with Crippen LogP contribution in [0.2, 0.25) is 0 Å². The van der Waals surface area contributed by atoms with Crippen molar-refractivity contribution in [2.45, 2.75) is 116 Å². The highest BCUT2D eigenvalue weighted by Gasteiger charge is 2.41.